The first-order valence-electron chi connectivity index (χ1n) is 6.85. The molecule has 0 heterocycles. The van der Waals surface area contributed by atoms with Crippen LogP contribution in [-0.2, 0) is 14.8 Å². The SMILES string of the molecule is CCCC[C@@H](CS(=O)(=O)Nc1cccc(OC)c1)NC=O. The number of anilines is 1. The van der Waals surface area contributed by atoms with E-state index in [1.165, 1.54) is 7.11 Å². The minimum absolute atomic E-state index is 0.150. The number of unbranched alkanes of at least 4 members (excludes halogenated alkanes) is 1. The molecule has 1 rings (SSSR count). The summed E-state index contributed by atoms with van der Waals surface area (Å²) in [6.07, 6.45) is 2.98. The summed E-state index contributed by atoms with van der Waals surface area (Å²) in [5.74, 6) is 0.423. The molecule has 0 radical (unpaired) electrons. The molecule has 0 aromatic heterocycles. The summed E-state index contributed by atoms with van der Waals surface area (Å²) in [6, 6.07) is 6.30. The van der Waals surface area contributed by atoms with Gasteiger partial charge in [0.2, 0.25) is 16.4 Å². The van der Waals surface area contributed by atoms with Crippen LogP contribution < -0.4 is 14.8 Å². The van der Waals surface area contributed by atoms with Crippen LogP contribution in [0.1, 0.15) is 26.2 Å². The molecule has 0 saturated carbocycles. The van der Waals surface area contributed by atoms with E-state index in [1.54, 1.807) is 24.3 Å². The summed E-state index contributed by atoms with van der Waals surface area (Å²) in [4.78, 5) is 10.6. The van der Waals surface area contributed by atoms with Crippen molar-refractivity contribution in [3.8, 4) is 5.75 Å². The molecule has 6 nitrogen and oxygen atoms in total. The highest BCUT2D eigenvalue weighted by Crippen LogP contribution is 2.18. The third-order valence-electron chi connectivity index (χ3n) is 2.97. The van der Waals surface area contributed by atoms with Crippen LogP contribution in [0, 0.1) is 0 Å². The van der Waals surface area contributed by atoms with Gasteiger partial charge < -0.3 is 10.1 Å². The standard InChI is InChI=1S/C14H22N2O4S/c1-3-4-6-13(15-11-17)10-21(18,19)16-12-7-5-8-14(9-12)20-2/h5,7-9,11,13,16H,3-4,6,10H2,1-2H3,(H,15,17)/t13-/m0/s1. The predicted molar refractivity (Wildman–Crippen MR) is 82.9 cm³/mol. The highest BCUT2D eigenvalue weighted by molar-refractivity contribution is 7.92. The quantitative estimate of drug-likeness (QED) is 0.644. The largest absolute Gasteiger partial charge is 0.497 e. The van der Waals surface area contributed by atoms with Crippen molar-refractivity contribution >= 4 is 22.1 Å². The van der Waals surface area contributed by atoms with Crippen LogP contribution in [0.3, 0.4) is 0 Å². The highest BCUT2D eigenvalue weighted by Gasteiger charge is 2.18. The smallest absolute Gasteiger partial charge is 0.234 e. The first-order chi connectivity index (χ1) is 10.0. The Morgan fingerprint density at radius 2 is 2.14 bits per heavy atom. The first kappa shape index (κ1) is 17.3. The number of ether oxygens (including phenoxy) is 1. The monoisotopic (exact) mass is 314 g/mol. The minimum Gasteiger partial charge on any atom is -0.497 e. The molecule has 0 aliphatic heterocycles. The van der Waals surface area contributed by atoms with Gasteiger partial charge in [-0.05, 0) is 18.6 Å². The molecule has 1 atom stereocenters. The average molecular weight is 314 g/mol. The number of benzene rings is 1. The van der Waals surface area contributed by atoms with Crippen molar-refractivity contribution in [2.45, 2.75) is 32.2 Å². The zero-order chi connectivity index (χ0) is 15.7. The Labute approximate surface area is 125 Å². The number of rotatable bonds is 10. The van der Waals surface area contributed by atoms with E-state index in [9.17, 15) is 13.2 Å². The highest BCUT2D eigenvalue weighted by atomic mass is 32.2. The van der Waals surface area contributed by atoms with E-state index in [1.807, 2.05) is 6.92 Å². The van der Waals surface area contributed by atoms with Crippen molar-refractivity contribution in [1.29, 1.82) is 0 Å². The van der Waals surface area contributed by atoms with Gasteiger partial charge >= 0.3 is 0 Å². The van der Waals surface area contributed by atoms with E-state index < -0.39 is 10.0 Å². The van der Waals surface area contributed by atoms with Crippen LogP contribution in [0.4, 0.5) is 5.69 Å². The number of amides is 1. The fourth-order valence-electron chi connectivity index (χ4n) is 1.93. The molecular formula is C14H22N2O4S. The lowest BCUT2D eigenvalue weighted by molar-refractivity contribution is -0.110. The van der Waals surface area contributed by atoms with Crippen LogP contribution in [-0.4, -0.2) is 33.7 Å². The molecule has 1 amide bonds. The second-order valence-electron chi connectivity index (χ2n) is 4.74. The Bertz CT molecular complexity index is 546. The van der Waals surface area contributed by atoms with E-state index in [0.29, 0.717) is 24.3 Å². The van der Waals surface area contributed by atoms with Gasteiger partial charge in [0.1, 0.15) is 5.75 Å². The van der Waals surface area contributed by atoms with Crippen molar-refractivity contribution in [2.24, 2.45) is 0 Å². The van der Waals surface area contributed by atoms with Crippen molar-refractivity contribution in [3.05, 3.63) is 24.3 Å². The van der Waals surface area contributed by atoms with Gasteiger partial charge in [-0.15, -0.1) is 0 Å². The molecular weight excluding hydrogens is 292 g/mol. The third-order valence-corrected chi connectivity index (χ3v) is 4.36. The molecule has 2 N–H and O–H groups in total. The normalized spacial score (nSPS) is 12.5. The summed E-state index contributed by atoms with van der Waals surface area (Å²) in [6.45, 7) is 2.01. The van der Waals surface area contributed by atoms with Crippen LogP contribution in [0.25, 0.3) is 0 Å². The maximum absolute atomic E-state index is 12.1. The molecule has 0 bridgehead atoms. The molecule has 0 unspecified atom stereocenters. The summed E-state index contributed by atoms with van der Waals surface area (Å²) in [5, 5.41) is 2.56. The number of methoxy groups -OCH3 is 1. The van der Waals surface area contributed by atoms with Crippen LogP contribution in [0.2, 0.25) is 0 Å². The van der Waals surface area contributed by atoms with E-state index in [0.717, 1.165) is 12.8 Å². The Morgan fingerprint density at radius 3 is 2.76 bits per heavy atom. The molecule has 0 aliphatic rings. The Morgan fingerprint density at radius 1 is 1.38 bits per heavy atom. The lowest BCUT2D eigenvalue weighted by Crippen LogP contribution is -2.36. The van der Waals surface area contributed by atoms with E-state index in [-0.39, 0.29) is 11.8 Å². The molecule has 21 heavy (non-hydrogen) atoms. The Kier molecular flexibility index (Phi) is 7.01. The lowest BCUT2D eigenvalue weighted by Gasteiger charge is -2.17. The van der Waals surface area contributed by atoms with Gasteiger partial charge in [-0.25, -0.2) is 8.42 Å². The summed E-state index contributed by atoms with van der Waals surface area (Å²) < 4.78 is 31.8. The average Bonchev–Trinajstić information content (AvgIpc) is 2.44. The topological polar surface area (TPSA) is 84.5 Å². The van der Waals surface area contributed by atoms with Crippen molar-refractivity contribution in [1.82, 2.24) is 5.32 Å². The molecule has 0 aliphatic carbocycles. The minimum atomic E-state index is -3.54. The maximum Gasteiger partial charge on any atom is 0.234 e. The van der Waals surface area contributed by atoms with E-state index >= 15 is 0 Å². The zero-order valence-electron chi connectivity index (χ0n) is 12.3. The molecule has 118 valence electrons. The number of sulfonamides is 1. The molecule has 1 aromatic rings. The predicted octanol–water partition coefficient (Wildman–Crippen LogP) is 1.74. The van der Waals surface area contributed by atoms with Crippen molar-refractivity contribution in [3.63, 3.8) is 0 Å². The van der Waals surface area contributed by atoms with Crippen molar-refractivity contribution < 1.29 is 17.9 Å². The third kappa shape index (κ3) is 6.48. The van der Waals surface area contributed by atoms with E-state index in [4.69, 9.17) is 4.74 Å². The fourth-order valence-corrected chi connectivity index (χ4v) is 3.30. The van der Waals surface area contributed by atoms with Crippen LogP contribution in [0.5, 0.6) is 5.75 Å². The zero-order valence-corrected chi connectivity index (χ0v) is 13.2. The Hall–Kier alpha value is -1.76. The molecule has 0 saturated heterocycles. The Balaban J connectivity index is 2.72. The fraction of sp³-hybridized carbons (Fsp3) is 0.500. The number of hydrogen-bond donors (Lipinski definition) is 2. The van der Waals surface area contributed by atoms with Gasteiger partial charge in [-0.1, -0.05) is 25.8 Å². The number of carbonyl (C=O) groups excluding carboxylic acids is 1. The summed E-state index contributed by atoms with van der Waals surface area (Å²) in [5.41, 5.74) is 0.440. The molecule has 7 heteroatoms. The molecule has 0 spiro atoms. The lowest BCUT2D eigenvalue weighted by atomic mass is 10.1. The molecule has 1 aromatic carbocycles. The van der Waals surface area contributed by atoms with Gasteiger partial charge in [0.05, 0.1) is 18.6 Å². The number of carbonyl (C=O) groups is 1. The van der Waals surface area contributed by atoms with Crippen LogP contribution >= 0.6 is 0 Å². The number of hydrogen-bond acceptors (Lipinski definition) is 4. The van der Waals surface area contributed by atoms with Gasteiger partial charge in [0, 0.05) is 12.1 Å². The first-order valence-corrected chi connectivity index (χ1v) is 8.50. The van der Waals surface area contributed by atoms with Gasteiger partial charge in [-0.3, -0.25) is 9.52 Å². The second kappa shape index (κ2) is 8.51. The summed E-state index contributed by atoms with van der Waals surface area (Å²) >= 11 is 0. The van der Waals surface area contributed by atoms with Crippen LogP contribution in [0.15, 0.2) is 24.3 Å². The summed E-state index contributed by atoms with van der Waals surface area (Å²) in [7, 11) is -2.02. The van der Waals surface area contributed by atoms with Crippen molar-refractivity contribution in [2.75, 3.05) is 17.6 Å². The van der Waals surface area contributed by atoms with Gasteiger partial charge in [0.25, 0.3) is 0 Å². The second-order valence-corrected chi connectivity index (χ2v) is 6.51. The maximum atomic E-state index is 12.1. The number of nitrogens with one attached hydrogen (secondary N) is 2. The van der Waals surface area contributed by atoms with Gasteiger partial charge in [-0.2, -0.15) is 0 Å². The van der Waals surface area contributed by atoms with E-state index in [2.05, 4.69) is 10.0 Å². The van der Waals surface area contributed by atoms with Gasteiger partial charge in [0.15, 0.2) is 0 Å². The molecule has 0 fully saturated rings.